The molecule has 1 unspecified atom stereocenters. The molecule has 0 bridgehead atoms. The van der Waals surface area contributed by atoms with Crippen molar-refractivity contribution in [2.75, 3.05) is 0 Å². The molecule has 0 saturated carbocycles. The molecule has 1 aromatic carbocycles. The number of aryl methyl sites for hydroxylation is 1. The lowest BCUT2D eigenvalue weighted by Crippen LogP contribution is -2.26. The molecule has 6 heteroatoms. The molecule has 2 heterocycles. The van der Waals surface area contributed by atoms with Gasteiger partial charge in [0, 0.05) is 11.1 Å². The minimum Gasteiger partial charge on any atom is -0.440 e. The molecular formula is C16H11ClN2O3. The van der Waals surface area contributed by atoms with E-state index in [0.29, 0.717) is 22.1 Å². The molecular weight excluding hydrogens is 304 g/mol. The Morgan fingerprint density at radius 2 is 2.14 bits per heavy atom. The Labute approximate surface area is 131 Å². The summed E-state index contributed by atoms with van der Waals surface area (Å²) in [6.45, 7) is 1.64. The third-order valence-electron chi connectivity index (χ3n) is 3.44. The Bertz CT molecular complexity index is 893. The van der Waals surface area contributed by atoms with E-state index >= 15 is 0 Å². The first-order valence-corrected chi connectivity index (χ1v) is 6.86. The number of nitrogens with zero attached hydrogens (tertiary/aromatic N) is 1. The number of nitriles is 1. The van der Waals surface area contributed by atoms with Crippen molar-refractivity contribution in [2.24, 2.45) is 5.73 Å². The number of nitrogens with two attached hydrogens (primary N) is 1. The zero-order valence-corrected chi connectivity index (χ0v) is 12.3. The summed E-state index contributed by atoms with van der Waals surface area (Å²) in [4.78, 5) is 12.3. The van der Waals surface area contributed by atoms with Crippen LogP contribution in [0.1, 0.15) is 22.8 Å². The maximum Gasteiger partial charge on any atom is 0.343 e. The highest BCUT2D eigenvalue weighted by molar-refractivity contribution is 6.30. The van der Waals surface area contributed by atoms with Gasteiger partial charge in [0.15, 0.2) is 0 Å². The van der Waals surface area contributed by atoms with Crippen LogP contribution in [0.4, 0.5) is 0 Å². The van der Waals surface area contributed by atoms with Crippen molar-refractivity contribution in [3.63, 3.8) is 0 Å². The van der Waals surface area contributed by atoms with Gasteiger partial charge in [0.1, 0.15) is 23.2 Å². The summed E-state index contributed by atoms with van der Waals surface area (Å²) in [6.07, 6.45) is 0. The molecule has 0 saturated heterocycles. The number of hydrogen-bond donors (Lipinski definition) is 1. The van der Waals surface area contributed by atoms with E-state index < -0.39 is 11.5 Å². The van der Waals surface area contributed by atoms with Crippen molar-refractivity contribution in [3.05, 3.63) is 74.1 Å². The van der Waals surface area contributed by atoms with Gasteiger partial charge in [0.2, 0.25) is 5.88 Å². The molecule has 2 aromatic rings. The SMILES string of the molecule is Cc1cc2c(c(=O)o1)C(c1cccc(Cl)c1)C(C#N)=C(N)O2. The quantitative estimate of drug-likeness (QED) is 0.874. The van der Waals surface area contributed by atoms with Gasteiger partial charge in [-0.3, -0.25) is 0 Å². The largest absolute Gasteiger partial charge is 0.440 e. The lowest BCUT2D eigenvalue weighted by Gasteiger charge is -2.25. The smallest absolute Gasteiger partial charge is 0.343 e. The summed E-state index contributed by atoms with van der Waals surface area (Å²) in [5.41, 5.74) is 6.36. The van der Waals surface area contributed by atoms with Crippen LogP contribution in [0, 0.1) is 18.3 Å². The second-order valence-corrected chi connectivity index (χ2v) is 5.34. The fraction of sp³-hybridized carbons (Fsp3) is 0.125. The maximum atomic E-state index is 12.3. The average Bonchev–Trinajstić information content (AvgIpc) is 2.45. The molecule has 0 amide bonds. The summed E-state index contributed by atoms with van der Waals surface area (Å²) >= 11 is 6.02. The fourth-order valence-corrected chi connectivity index (χ4v) is 2.74. The van der Waals surface area contributed by atoms with E-state index in [0.717, 1.165) is 0 Å². The average molecular weight is 315 g/mol. The van der Waals surface area contributed by atoms with Crippen LogP contribution in [-0.2, 0) is 0 Å². The van der Waals surface area contributed by atoms with Gasteiger partial charge in [0.25, 0.3) is 0 Å². The minimum atomic E-state index is -0.663. The molecule has 0 radical (unpaired) electrons. The molecule has 22 heavy (non-hydrogen) atoms. The normalized spacial score (nSPS) is 16.7. The summed E-state index contributed by atoms with van der Waals surface area (Å²) in [5, 5.41) is 9.90. The topological polar surface area (TPSA) is 89.2 Å². The van der Waals surface area contributed by atoms with Gasteiger partial charge >= 0.3 is 5.63 Å². The summed E-state index contributed by atoms with van der Waals surface area (Å²) in [6, 6.07) is 10.5. The van der Waals surface area contributed by atoms with Gasteiger partial charge in [-0.2, -0.15) is 5.26 Å². The van der Waals surface area contributed by atoms with Gasteiger partial charge < -0.3 is 14.9 Å². The highest BCUT2D eigenvalue weighted by Gasteiger charge is 2.34. The van der Waals surface area contributed by atoms with E-state index in [9.17, 15) is 10.1 Å². The van der Waals surface area contributed by atoms with Crippen molar-refractivity contribution >= 4 is 11.6 Å². The third-order valence-corrected chi connectivity index (χ3v) is 3.67. The highest BCUT2D eigenvalue weighted by atomic mass is 35.5. The minimum absolute atomic E-state index is 0.0232. The van der Waals surface area contributed by atoms with E-state index in [-0.39, 0.29) is 17.0 Å². The molecule has 2 N–H and O–H groups in total. The van der Waals surface area contributed by atoms with Crippen molar-refractivity contribution in [1.82, 2.24) is 0 Å². The number of rotatable bonds is 1. The predicted molar refractivity (Wildman–Crippen MR) is 80.5 cm³/mol. The molecule has 3 rings (SSSR count). The zero-order chi connectivity index (χ0) is 15.9. The predicted octanol–water partition coefficient (Wildman–Crippen LogP) is 2.82. The van der Waals surface area contributed by atoms with Crippen LogP contribution in [-0.4, -0.2) is 0 Å². The lowest BCUT2D eigenvalue weighted by molar-refractivity contribution is 0.371. The second kappa shape index (κ2) is 5.24. The van der Waals surface area contributed by atoms with Gasteiger partial charge in [0.05, 0.1) is 11.5 Å². The number of fused-ring (bicyclic) bond motifs is 1. The fourth-order valence-electron chi connectivity index (χ4n) is 2.54. The van der Waals surface area contributed by atoms with Crippen molar-refractivity contribution in [3.8, 4) is 11.8 Å². The number of benzene rings is 1. The molecule has 0 fully saturated rings. The van der Waals surface area contributed by atoms with Crippen LogP contribution in [0.15, 0.2) is 51.0 Å². The Morgan fingerprint density at radius 3 is 2.82 bits per heavy atom. The summed E-state index contributed by atoms with van der Waals surface area (Å²) < 4.78 is 10.6. The molecule has 1 aromatic heterocycles. The van der Waals surface area contributed by atoms with Crippen LogP contribution < -0.4 is 16.1 Å². The highest BCUT2D eigenvalue weighted by Crippen LogP contribution is 2.40. The number of allylic oxidation sites excluding steroid dienone is 1. The number of halogens is 1. The second-order valence-electron chi connectivity index (χ2n) is 4.90. The first kappa shape index (κ1) is 14.2. The van der Waals surface area contributed by atoms with Crippen LogP contribution >= 0.6 is 11.6 Å². The van der Waals surface area contributed by atoms with Gasteiger partial charge in [-0.05, 0) is 24.6 Å². The van der Waals surface area contributed by atoms with E-state index in [1.807, 2.05) is 6.07 Å². The van der Waals surface area contributed by atoms with Crippen LogP contribution in [0.3, 0.4) is 0 Å². The molecule has 110 valence electrons. The Kier molecular flexibility index (Phi) is 3.39. The maximum absolute atomic E-state index is 12.3. The standard InChI is InChI=1S/C16H11ClN2O3/c1-8-5-12-14(16(20)21-8)13(11(7-18)15(19)22-12)9-3-2-4-10(17)6-9/h2-6,13H,19H2,1H3. The number of ether oxygens (including phenoxy) is 1. The first-order chi connectivity index (χ1) is 10.5. The number of hydrogen-bond acceptors (Lipinski definition) is 5. The lowest BCUT2D eigenvalue weighted by atomic mass is 9.84. The summed E-state index contributed by atoms with van der Waals surface area (Å²) in [7, 11) is 0. The Hall–Kier alpha value is -2.71. The van der Waals surface area contributed by atoms with Gasteiger partial charge in [-0.25, -0.2) is 4.79 Å². The first-order valence-electron chi connectivity index (χ1n) is 6.49. The Morgan fingerprint density at radius 1 is 1.36 bits per heavy atom. The Balaban J connectivity index is 2.32. The van der Waals surface area contributed by atoms with Crippen LogP contribution in [0.5, 0.6) is 5.75 Å². The molecule has 1 atom stereocenters. The third kappa shape index (κ3) is 2.24. The monoisotopic (exact) mass is 314 g/mol. The van der Waals surface area contributed by atoms with Gasteiger partial charge in [-0.1, -0.05) is 23.7 Å². The molecule has 0 spiro atoms. The van der Waals surface area contributed by atoms with Crippen molar-refractivity contribution in [1.29, 1.82) is 5.26 Å². The summed E-state index contributed by atoms with van der Waals surface area (Å²) in [5.74, 6) is 0.0197. The molecule has 0 aliphatic carbocycles. The van der Waals surface area contributed by atoms with E-state index in [1.165, 1.54) is 0 Å². The van der Waals surface area contributed by atoms with E-state index in [2.05, 4.69) is 0 Å². The van der Waals surface area contributed by atoms with Gasteiger partial charge in [-0.15, -0.1) is 0 Å². The molecule has 1 aliphatic rings. The van der Waals surface area contributed by atoms with E-state index in [1.54, 1.807) is 37.3 Å². The van der Waals surface area contributed by atoms with Crippen LogP contribution in [0.2, 0.25) is 5.02 Å². The molecule has 5 nitrogen and oxygen atoms in total. The van der Waals surface area contributed by atoms with E-state index in [4.69, 9.17) is 26.5 Å². The zero-order valence-electron chi connectivity index (χ0n) is 11.6. The van der Waals surface area contributed by atoms with Crippen molar-refractivity contribution in [2.45, 2.75) is 12.8 Å². The van der Waals surface area contributed by atoms with Crippen molar-refractivity contribution < 1.29 is 9.15 Å². The molecule has 1 aliphatic heterocycles. The van der Waals surface area contributed by atoms with Crippen LogP contribution in [0.25, 0.3) is 0 Å².